The molecule has 1 unspecified atom stereocenters. The summed E-state index contributed by atoms with van der Waals surface area (Å²) >= 11 is 0. The summed E-state index contributed by atoms with van der Waals surface area (Å²) in [5.74, 6) is 0.154. The van der Waals surface area contributed by atoms with Crippen molar-refractivity contribution in [1.82, 2.24) is 5.32 Å². The summed E-state index contributed by atoms with van der Waals surface area (Å²) in [7, 11) is 1.51. The van der Waals surface area contributed by atoms with E-state index in [2.05, 4.69) is 5.32 Å². The van der Waals surface area contributed by atoms with Gasteiger partial charge in [0.05, 0.1) is 17.8 Å². The summed E-state index contributed by atoms with van der Waals surface area (Å²) in [6, 6.07) is 15.7. The fourth-order valence-electron chi connectivity index (χ4n) is 2.67. The minimum absolute atomic E-state index is 0.0821. The lowest BCUT2D eigenvalue weighted by atomic mass is 10.1. The smallest absolute Gasteiger partial charge is 0.265 e. The molecule has 0 fully saturated rings. The Morgan fingerprint density at radius 2 is 2.00 bits per heavy atom. The second kappa shape index (κ2) is 7.57. The van der Waals surface area contributed by atoms with E-state index in [0.717, 1.165) is 0 Å². The van der Waals surface area contributed by atoms with Crippen LogP contribution in [0.2, 0.25) is 0 Å². The summed E-state index contributed by atoms with van der Waals surface area (Å²) in [6.07, 6.45) is -0.801. The second-order valence-electron chi connectivity index (χ2n) is 5.59. The molecule has 3 rings (SSSR count). The third-order valence-electron chi connectivity index (χ3n) is 3.97. The molecule has 1 heterocycles. The number of likely N-dealkylation sites (N-methyl/N-ethyl adjacent to an activating group) is 1. The molecule has 0 aromatic heterocycles. The molecule has 0 saturated carbocycles. The Labute approximate surface area is 150 Å². The molecule has 1 aliphatic heterocycles. The molecule has 1 aliphatic rings. The predicted molar refractivity (Wildman–Crippen MR) is 93.9 cm³/mol. The van der Waals surface area contributed by atoms with Crippen molar-refractivity contribution in [1.29, 1.82) is 5.26 Å². The molecule has 0 radical (unpaired) electrons. The summed E-state index contributed by atoms with van der Waals surface area (Å²) in [6.45, 7) is -0.174. The van der Waals surface area contributed by atoms with Crippen molar-refractivity contribution in [3.8, 4) is 17.6 Å². The minimum atomic E-state index is -0.801. The van der Waals surface area contributed by atoms with Crippen LogP contribution in [0.4, 0.5) is 5.69 Å². The number of fused-ring (bicyclic) bond motifs is 1. The highest BCUT2D eigenvalue weighted by molar-refractivity contribution is 5.98. The molecular formula is C19H17N3O4. The topological polar surface area (TPSA) is 91.7 Å². The zero-order chi connectivity index (χ0) is 18.5. The number of nitrogens with zero attached hydrogens (tertiary/aromatic N) is 2. The molecule has 132 valence electrons. The quantitative estimate of drug-likeness (QED) is 0.901. The summed E-state index contributed by atoms with van der Waals surface area (Å²) in [4.78, 5) is 26.2. The van der Waals surface area contributed by atoms with Gasteiger partial charge in [0.15, 0.2) is 12.7 Å². The first kappa shape index (κ1) is 17.3. The number of ether oxygens (including phenoxy) is 2. The molecule has 2 amide bonds. The van der Waals surface area contributed by atoms with Crippen molar-refractivity contribution < 1.29 is 19.1 Å². The molecule has 7 heteroatoms. The number of hydrogen-bond donors (Lipinski definition) is 1. The Kier molecular flexibility index (Phi) is 5.04. The highest BCUT2D eigenvalue weighted by atomic mass is 16.5. The molecule has 0 bridgehead atoms. The van der Waals surface area contributed by atoms with E-state index in [1.165, 1.54) is 11.9 Å². The fourth-order valence-corrected chi connectivity index (χ4v) is 2.67. The first-order valence-corrected chi connectivity index (χ1v) is 8.03. The van der Waals surface area contributed by atoms with Crippen LogP contribution in [0.5, 0.6) is 11.5 Å². The molecule has 1 atom stereocenters. The van der Waals surface area contributed by atoms with E-state index < -0.39 is 6.10 Å². The van der Waals surface area contributed by atoms with E-state index in [9.17, 15) is 9.59 Å². The van der Waals surface area contributed by atoms with Crippen LogP contribution in [-0.2, 0) is 9.59 Å². The van der Waals surface area contributed by atoms with Crippen LogP contribution in [0.25, 0.3) is 0 Å². The number of carbonyl (C=O) groups excluding carboxylic acids is 2. The molecule has 1 N–H and O–H groups in total. The maximum atomic E-state index is 12.7. The highest BCUT2D eigenvalue weighted by Crippen LogP contribution is 2.33. The summed E-state index contributed by atoms with van der Waals surface area (Å²) in [5.41, 5.74) is 0.931. The second-order valence-corrected chi connectivity index (χ2v) is 5.59. The zero-order valence-electron chi connectivity index (χ0n) is 14.1. The number of anilines is 1. The van der Waals surface area contributed by atoms with Crippen molar-refractivity contribution in [3.63, 3.8) is 0 Å². The number of nitrogens with one attached hydrogen (secondary N) is 1. The number of hydrogen-bond acceptors (Lipinski definition) is 5. The Morgan fingerprint density at radius 3 is 2.77 bits per heavy atom. The van der Waals surface area contributed by atoms with Crippen molar-refractivity contribution in [2.75, 3.05) is 25.1 Å². The van der Waals surface area contributed by atoms with E-state index >= 15 is 0 Å². The van der Waals surface area contributed by atoms with Crippen LogP contribution in [0.15, 0.2) is 48.5 Å². The zero-order valence-corrected chi connectivity index (χ0v) is 14.1. The van der Waals surface area contributed by atoms with E-state index in [1.54, 1.807) is 48.5 Å². The predicted octanol–water partition coefficient (Wildman–Crippen LogP) is 1.48. The van der Waals surface area contributed by atoms with Gasteiger partial charge in [-0.15, -0.1) is 0 Å². The lowest BCUT2D eigenvalue weighted by Crippen LogP contribution is -2.51. The van der Waals surface area contributed by atoms with Gasteiger partial charge in [-0.25, -0.2) is 0 Å². The number of amides is 2. The van der Waals surface area contributed by atoms with E-state index in [4.69, 9.17) is 14.7 Å². The van der Waals surface area contributed by atoms with Crippen LogP contribution in [0.3, 0.4) is 0 Å². The third kappa shape index (κ3) is 3.44. The Morgan fingerprint density at radius 1 is 1.27 bits per heavy atom. The van der Waals surface area contributed by atoms with Crippen LogP contribution in [0, 0.1) is 11.3 Å². The maximum absolute atomic E-state index is 12.7. The summed E-state index contributed by atoms with van der Waals surface area (Å²) < 4.78 is 11.2. The molecule has 0 spiro atoms. The van der Waals surface area contributed by atoms with Gasteiger partial charge in [-0.2, -0.15) is 5.26 Å². The number of carbonyl (C=O) groups is 2. The number of benzene rings is 2. The fraction of sp³-hybridized carbons (Fsp3) is 0.211. The average molecular weight is 351 g/mol. The lowest BCUT2D eigenvalue weighted by molar-refractivity contribution is -0.128. The van der Waals surface area contributed by atoms with Crippen LogP contribution >= 0.6 is 0 Å². The van der Waals surface area contributed by atoms with E-state index in [-0.39, 0.29) is 25.0 Å². The SMILES string of the molecule is CNC(=O)C1CN(C(=O)COc2ccccc2C#N)c2ccccc2O1. The first-order chi connectivity index (χ1) is 12.6. The normalized spacial score (nSPS) is 15.2. The van der Waals surface area contributed by atoms with Crippen LogP contribution in [-0.4, -0.2) is 38.1 Å². The van der Waals surface area contributed by atoms with Gasteiger partial charge in [-0.3, -0.25) is 9.59 Å². The molecule has 0 saturated heterocycles. The van der Waals surface area contributed by atoms with Crippen LogP contribution < -0.4 is 19.7 Å². The van der Waals surface area contributed by atoms with Crippen molar-refractivity contribution in [2.24, 2.45) is 0 Å². The van der Waals surface area contributed by atoms with Gasteiger partial charge in [0, 0.05) is 7.05 Å². The standard InChI is InChI=1S/C19H17N3O4/c1-21-19(24)17-11-22(14-7-3-5-9-16(14)26-17)18(23)12-25-15-8-4-2-6-13(15)10-20/h2-9,17H,11-12H2,1H3,(H,21,24). The Bertz CT molecular complexity index is 875. The number of para-hydroxylation sites is 3. The first-order valence-electron chi connectivity index (χ1n) is 8.03. The summed E-state index contributed by atoms with van der Waals surface area (Å²) in [5, 5.41) is 11.6. The highest BCUT2D eigenvalue weighted by Gasteiger charge is 2.33. The van der Waals surface area contributed by atoms with Gasteiger partial charge < -0.3 is 19.7 Å². The van der Waals surface area contributed by atoms with Crippen LogP contribution in [0.1, 0.15) is 5.56 Å². The van der Waals surface area contributed by atoms with Gasteiger partial charge in [0.2, 0.25) is 0 Å². The average Bonchev–Trinajstić information content (AvgIpc) is 2.70. The monoisotopic (exact) mass is 351 g/mol. The van der Waals surface area contributed by atoms with Gasteiger partial charge in [-0.1, -0.05) is 24.3 Å². The molecule has 7 nitrogen and oxygen atoms in total. The van der Waals surface area contributed by atoms with Crippen molar-refractivity contribution in [2.45, 2.75) is 6.10 Å². The molecule has 0 aliphatic carbocycles. The molecule has 26 heavy (non-hydrogen) atoms. The lowest BCUT2D eigenvalue weighted by Gasteiger charge is -2.33. The van der Waals surface area contributed by atoms with Gasteiger partial charge >= 0.3 is 0 Å². The van der Waals surface area contributed by atoms with E-state index in [0.29, 0.717) is 22.7 Å². The number of nitriles is 1. The maximum Gasteiger partial charge on any atom is 0.265 e. The largest absolute Gasteiger partial charge is 0.482 e. The third-order valence-corrected chi connectivity index (χ3v) is 3.97. The molecule has 2 aromatic rings. The Balaban J connectivity index is 1.79. The molecule has 2 aromatic carbocycles. The van der Waals surface area contributed by atoms with Gasteiger partial charge in [0.1, 0.15) is 17.6 Å². The Hall–Kier alpha value is -3.53. The van der Waals surface area contributed by atoms with Crippen molar-refractivity contribution in [3.05, 3.63) is 54.1 Å². The van der Waals surface area contributed by atoms with Gasteiger partial charge in [-0.05, 0) is 24.3 Å². The van der Waals surface area contributed by atoms with Gasteiger partial charge in [0.25, 0.3) is 11.8 Å². The van der Waals surface area contributed by atoms with E-state index in [1.807, 2.05) is 6.07 Å². The minimum Gasteiger partial charge on any atom is -0.482 e. The number of rotatable bonds is 4. The molecular weight excluding hydrogens is 334 g/mol. The van der Waals surface area contributed by atoms with Crippen molar-refractivity contribution >= 4 is 17.5 Å².